The molecule has 7 nitrogen and oxygen atoms in total. The van der Waals surface area contributed by atoms with E-state index < -0.39 is 20.6 Å². The van der Waals surface area contributed by atoms with Crippen LogP contribution in [0.4, 0.5) is 11.4 Å². The molecule has 0 heterocycles. The van der Waals surface area contributed by atoms with Gasteiger partial charge >= 0.3 is 0 Å². The Kier molecular flexibility index (Phi) is 4.59. The van der Waals surface area contributed by atoms with E-state index in [0.29, 0.717) is 6.54 Å². The lowest BCUT2D eigenvalue weighted by Gasteiger charge is -2.18. The van der Waals surface area contributed by atoms with Crippen LogP contribution in [0.2, 0.25) is 0 Å². The van der Waals surface area contributed by atoms with Crippen LogP contribution >= 0.6 is 0 Å². The first-order chi connectivity index (χ1) is 9.90. The van der Waals surface area contributed by atoms with Crippen LogP contribution < -0.4 is 10.5 Å². The van der Waals surface area contributed by atoms with Crippen LogP contribution in [0.25, 0.3) is 0 Å². The molecule has 0 aromatic heterocycles. The highest BCUT2D eigenvalue weighted by atomic mass is 32.2. The van der Waals surface area contributed by atoms with E-state index in [0.717, 1.165) is 25.3 Å². The van der Waals surface area contributed by atoms with Crippen molar-refractivity contribution in [2.24, 2.45) is 5.92 Å². The van der Waals surface area contributed by atoms with Crippen LogP contribution in [0.15, 0.2) is 35.2 Å². The third kappa shape index (κ3) is 3.79. The summed E-state index contributed by atoms with van der Waals surface area (Å²) in [5.74, 6) is 0.258. The second-order valence-electron chi connectivity index (χ2n) is 4.98. The predicted molar refractivity (Wildman–Crippen MR) is 79.2 cm³/mol. The number of hydrogen-bond donors (Lipinski definition) is 2. The lowest BCUT2D eigenvalue weighted by Crippen LogP contribution is -2.29. The van der Waals surface area contributed by atoms with Crippen molar-refractivity contribution in [3.05, 3.63) is 40.5 Å². The number of sulfonamides is 1. The molecule has 114 valence electrons. The third-order valence-corrected chi connectivity index (χ3v) is 4.87. The van der Waals surface area contributed by atoms with Crippen molar-refractivity contribution in [3.63, 3.8) is 0 Å². The summed E-state index contributed by atoms with van der Waals surface area (Å²) >= 11 is 0. The molecule has 0 amide bonds. The Morgan fingerprint density at radius 2 is 2.14 bits per heavy atom. The van der Waals surface area contributed by atoms with Gasteiger partial charge in [0, 0.05) is 12.6 Å². The molecule has 0 radical (unpaired) electrons. The normalized spacial score (nSPS) is 18.6. The second-order valence-corrected chi connectivity index (χ2v) is 6.75. The molecular formula is C13H17N3O4S. The van der Waals surface area contributed by atoms with Gasteiger partial charge in [-0.15, -0.1) is 0 Å². The minimum Gasteiger partial charge on any atom is -0.393 e. The number of benzene rings is 1. The van der Waals surface area contributed by atoms with Gasteiger partial charge in [0.15, 0.2) is 0 Å². The molecular weight excluding hydrogens is 294 g/mol. The molecule has 1 aromatic rings. The topological polar surface area (TPSA) is 115 Å². The van der Waals surface area contributed by atoms with Crippen LogP contribution in [-0.2, 0) is 10.0 Å². The van der Waals surface area contributed by atoms with E-state index >= 15 is 0 Å². The molecule has 1 atom stereocenters. The van der Waals surface area contributed by atoms with Gasteiger partial charge in [-0.25, -0.2) is 13.1 Å². The number of rotatable bonds is 5. The largest absolute Gasteiger partial charge is 0.393 e. The fraction of sp³-hybridized carbons (Fsp3) is 0.385. The highest BCUT2D eigenvalue weighted by Gasteiger charge is 2.21. The number of nitrogens with zero attached hydrogens (tertiary/aromatic N) is 1. The third-order valence-electron chi connectivity index (χ3n) is 3.45. The summed E-state index contributed by atoms with van der Waals surface area (Å²) in [6.07, 6.45) is 6.83. The van der Waals surface area contributed by atoms with Crippen LogP contribution in [0.5, 0.6) is 0 Å². The summed E-state index contributed by atoms with van der Waals surface area (Å²) < 4.78 is 26.8. The van der Waals surface area contributed by atoms with Crippen molar-refractivity contribution in [2.45, 2.75) is 24.2 Å². The van der Waals surface area contributed by atoms with Crippen molar-refractivity contribution in [2.75, 3.05) is 12.3 Å². The van der Waals surface area contributed by atoms with Gasteiger partial charge in [-0.1, -0.05) is 12.2 Å². The van der Waals surface area contributed by atoms with Gasteiger partial charge in [-0.3, -0.25) is 10.1 Å². The van der Waals surface area contributed by atoms with Gasteiger partial charge < -0.3 is 5.73 Å². The van der Waals surface area contributed by atoms with Gasteiger partial charge in [-0.05, 0) is 37.3 Å². The number of nitro benzene ring substituents is 1. The number of hydrogen-bond acceptors (Lipinski definition) is 5. The Morgan fingerprint density at radius 1 is 1.38 bits per heavy atom. The molecule has 0 saturated carbocycles. The maximum Gasteiger partial charge on any atom is 0.293 e. The summed E-state index contributed by atoms with van der Waals surface area (Å²) in [4.78, 5) is 9.97. The zero-order valence-corrected chi connectivity index (χ0v) is 12.2. The first-order valence-corrected chi connectivity index (χ1v) is 8.07. The Bertz CT molecular complexity index is 670. The van der Waals surface area contributed by atoms with Gasteiger partial charge in [0.25, 0.3) is 5.69 Å². The highest BCUT2D eigenvalue weighted by molar-refractivity contribution is 7.89. The summed E-state index contributed by atoms with van der Waals surface area (Å²) in [5, 5.41) is 10.8. The van der Waals surface area contributed by atoms with Crippen molar-refractivity contribution >= 4 is 21.4 Å². The summed E-state index contributed by atoms with van der Waals surface area (Å²) in [6, 6.07) is 3.49. The number of nitrogen functional groups attached to an aromatic ring is 1. The van der Waals surface area contributed by atoms with E-state index in [2.05, 4.69) is 10.8 Å². The maximum absolute atomic E-state index is 12.2. The minimum atomic E-state index is -3.77. The van der Waals surface area contributed by atoms with Gasteiger partial charge in [-0.2, -0.15) is 0 Å². The van der Waals surface area contributed by atoms with Crippen LogP contribution in [0.3, 0.4) is 0 Å². The molecule has 1 aliphatic rings. The zero-order valence-electron chi connectivity index (χ0n) is 11.4. The van der Waals surface area contributed by atoms with Crippen molar-refractivity contribution < 1.29 is 13.3 Å². The second kappa shape index (κ2) is 6.23. The molecule has 0 spiro atoms. The molecule has 21 heavy (non-hydrogen) atoms. The Labute approximate surface area is 123 Å². The molecule has 1 aliphatic carbocycles. The fourth-order valence-electron chi connectivity index (χ4n) is 2.20. The monoisotopic (exact) mass is 311 g/mol. The maximum atomic E-state index is 12.2. The quantitative estimate of drug-likeness (QED) is 0.372. The number of allylic oxidation sites excluding steroid dienone is 2. The molecule has 2 rings (SSSR count). The van der Waals surface area contributed by atoms with Crippen molar-refractivity contribution in [3.8, 4) is 0 Å². The molecule has 8 heteroatoms. The Morgan fingerprint density at radius 3 is 2.76 bits per heavy atom. The first kappa shape index (κ1) is 15.5. The van der Waals surface area contributed by atoms with Gasteiger partial charge in [0.1, 0.15) is 5.69 Å². The summed E-state index contributed by atoms with van der Waals surface area (Å²) in [6.45, 7) is 0.324. The van der Waals surface area contributed by atoms with E-state index in [1.807, 2.05) is 6.08 Å². The zero-order chi connectivity index (χ0) is 15.5. The van der Waals surface area contributed by atoms with Gasteiger partial charge in [0.05, 0.1) is 9.82 Å². The van der Waals surface area contributed by atoms with Crippen molar-refractivity contribution in [1.82, 2.24) is 4.72 Å². The standard InChI is InChI=1S/C13H17N3O4S/c14-12-7-6-11(8-13(12)16(17)18)21(19,20)15-9-10-4-2-1-3-5-10/h1-2,6-8,10,15H,3-5,9,14H2. The van der Waals surface area contributed by atoms with E-state index in [-0.39, 0.29) is 16.5 Å². The summed E-state index contributed by atoms with van der Waals surface area (Å²) in [7, 11) is -3.77. The van der Waals surface area contributed by atoms with Crippen molar-refractivity contribution in [1.29, 1.82) is 0 Å². The first-order valence-electron chi connectivity index (χ1n) is 6.59. The smallest absolute Gasteiger partial charge is 0.293 e. The van der Waals surface area contributed by atoms with E-state index in [1.54, 1.807) is 0 Å². The SMILES string of the molecule is Nc1ccc(S(=O)(=O)NCC2CC=CCC2)cc1[N+](=O)[O-]. The van der Waals surface area contributed by atoms with Crippen LogP contribution in [0.1, 0.15) is 19.3 Å². The number of anilines is 1. The van der Waals surface area contributed by atoms with E-state index in [1.165, 1.54) is 12.1 Å². The number of nitro groups is 1. The highest BCUT2D eigenvalue weighted by Crippen LogP contribution is 2.25. The van der Waals surface area contributed by atoms with Crippen LogP contribution in [-0.4, -0.2) is 19.9 Å². The molecule has 3 N–H and O–H groups in total. The minimum absolute atomic E-state index is 0.0589. The molecule has 1 unspecified atom stereocenters. The summed E-state index contributed by atoms with van der Waals surface area (Å²) in [5.41, 5.74) is 5.00. The number of nitrogens with one attached hydrogen (secondary N) is 1. The van der Waals surface area contributed by atoms with Gasteiger partial charge in [0.2, 0.25) is 10.0 Å². The average Bonchev–Trinajstić information content (AvgIpc) is 2.46. The molecule has 0 bridgehead atoms. The molecule has 0 fully saturated rings. The number of nitrogens with two attached hydrogens (primary N) is 1. The van der Waals surface area contributed by atoms with E-state index in [9.17, 15) is 18.5 Å². The fourth-order valence-corrected chi connectivity index (χ4v) is 3.34. The van der Waals surface area contributed by atoms with E-state index in [4.69, 9.17) is 5.73 Å². The average molecular weight is 311 g/mol. The Hall–Kier alpha value is -1.93. The lowest BCUT2D eigenvalue weighted by molar-refractivity contribution is -0.384. The van der Waals surface area contributed by atoms with Crippen LogP contribution in [0, 0.1) is 16.0 Å². The Balaban J connectivity index is 2.13. The molecule has 1 aromatic carbocycles. The molecule has 0 aliphatic heterocycles. The lowest BCUT2D eigenvalue weighted by atomic mass is 9.95. The predicted octanol–water partition coefficient (Wildman–Crippen LogP) is 1.81. The molecule has 0 saturated heterocycles.